The second-order valence-corrected chi connectivity index (χ2v) is 6.76. The summed E-state index contributed by atoms with van der Waals surface area (Å²) in [5.41, 5.74) is 2.54. The Morgan fingerprint density at radius 3 is 2.64 bits per heavy atom. The molecule has 7 nitrogen and oxygen atoms in total. The Balaban J connectivity index is 1.77. The maximum Gasteiger partial charge on any atom is 0.261 e. The summed E-state index contributed by atoms with van der Waals surface area (Å²) in [4.78, 5) is 17.1. The number of nitrogens with one attached hydrogen (secondary N) is 3. The van der Waals surface area contributed by atoms with Crippen LogP contribution in [0.25, 0.3) is 0 Å². The summed E-state index contributed by atoms with van der Waals surface area (Å²) >= 11 is 12.0. The fourth-order valence-electron chi connectivity index (χ4n) is 2.81. The van der Waals surface area contributed by atoms with E-state index in [9.17, 15) is 9.90 Å². The first-order valence-electron chi connectivity index (χ1n) is 8.03. The third kappa shape index (κ3) is 3.16. The molecule has 0 aliphatic carbocycles. The van der Waals surface area contributed by atoms with Gasteiger partial charge in [-0.2, -0.15) is 5.26 Å². The van der Waals surface area contributed by atoms with Crippen LogP contribution in [0, 0.1) is 11.3 Å². The van der Waals surface area contributed by atoms with E-state index in [1.807, 2.05) is 6.07 Å². The number of nitriles is 1. The van der Waals surface area contributed by atoms with Gasteiger partial charge in [0.2, 0.25) is 0 Å². The molecule has 0 fully saturated rings. The Labute approximate surface area is 169 Å². The van der Waals surface area contributed by atoms with Crippen molar-refractivity contribution < 1.29 is 9.90 Å². The molecule has 1 amide bonds. The molecule has 2 aromatic carbocycles. The molecule has 3 aromatic rings. The average Bonchev–Trinajstić information content (AvgIpc) is 2.81. The summed E-state index contributed by atoms with van der Waals surface area (Å²) < 4.78 is 0. The highest BCUT2D eigenvalue weighted by atomic mass is 35.5. The van der Waals surface area contributed by atoms with Gasteiger partial charge in [-0.3, -0.25) is 4.79 Å². The second-order valence-electron chi connectivity index (χ2n) is 5.94. The maximum absolute atomic E-state index is 12.9. The zero-order chi connectivity index (χ0) is 19.8. The zero-order valence-corrected chi connectivity index (χ0v) is 15.6. The first-order chi connectivity index (χ1) is 13.5. The second kappa shape index (κ2) is 6.93. The minimum atomic E-state index is -0.416. The van der Waals surface area contributed by atoms with Gasteiger partial charge in [0, 0.05) is 12.3 Å². The highest BCUT2D eigenvalue weighted by Crippen LogP contribution is 2.38. The number of anilines is 5. The quantitative estimate of drug-likeness (QED) is 0.471. The van der Waals surface area contributed by atoms with Gasteiger partial charge in [0.05, 0.1) is 44.4 Å². The van der Waals surface area contributed by atoms with E-state index >= 15 is 0 Å². The number of rotatable bonds is 2. The number of fused-ring (bicyclic) bond motifs is 2. The summed E-state index contributed by atoms with van der Waals surface area (Å²) in [5, 5.41) is 28.2. The van der Waals surface area contributed by atoms with E-state index in [1.54, 1.807) is 24.3 Å². The summed E-state index contributed by atoms with van der Waals surface area (Å²) in [6.45, 7) is 0. The summed E-state index contributed by atoms with van der Waals surface area (Å²) in [7, 11) is 0. The van der Waals surface area contributed by atoms with Crippen molar-refractivity contribution >= 4 is 57.7 Å². The number of amides is 1. The fourth-order valence-corrected chi connectivity index (χ4v) is 3.24. The molecule has 0 bridgehead atoms. The van der Waals surface area contributed by atoms with Crippen LogP contribution in [0.3, 0.4) is 0 Å². The number of phenolic OH excluding ortho intramolecular Hbond substituents is 1. The molecule has 4 N–H and O–H groups in total. The van der Waals surface area contributed by atoms with Gasteiger partial charge in [0.15, 0.2) is 0 Å². The first kappa shape index (κ1) is 17.9. The molecule has 0 atom stereocenters. The Bertz CT molecular complexity index is 1170. The van der Waals surface area contributed by atoms with Crippen molar-refractivity contribution in [3.05, 3.63) is 63.8 Å². The summed E-state index contributed by atoms with van der Waals surface area (Å²) in [6.07, 6.45) is 1.53. The average molecular weight is 412 g/mol. The van der Waals surface area contributed by atoms with Crippen molar-refractivity contribution in [1.29, 1.82) is 5.26 Å². The molecule has 0 saturated heterocycles. The lowest BCUT2D eigenvalue weighted by atomic mass is 10.1. The Kier molecular flexibility index (Phi) is 4.43. The van der Waals surface area contributed by atoms with Crippen molar-refractivity contribution in [2.24, 2.45) is 0 Å². The minimum absolute atomic E-state index is 0.118. The van der Waals surface area contributed by atoms with Crippen LogP contribution in [0.4, 0.5) is 28.6 Å². The number of aromatic nitrogens is 1. The van der Waals surface area contributed by atoms with Crippen LogP contribution in [0.5, 0.6) is 5.75 Å². The number of hydrogen-bond acceptors (Lipinski definition) is 6. The van der Waals surface area contributed by atoms with Crippen LogP contribution >= 0.6 is 23.2 Å². The van der Waals surface area contributed by atoms with Crippen molar-refractivity contribution in [3.8, 4) is 11.8 Å². The van der Waals surface area contributed by atoms with E-state index in [1.165, 1.54) is 18.3 Å². The molecule has 1 aromatic heterocycles. The molecular formula is C19H11Cl2N5O2. The molecule has 0 spiro atoms. The molecule has 0 unspecified atom stereocenters. The number of carbonyl (C=O) groups excluding carboxylic acids is 1. The molecule has 0 saturated carbocycles. The van der Waals surface area contributed by atoms with E-state index in [-0.39, 0.29) is 21.4 Å². The monoisotopic (exact) mass is 411 g/mol. The lowest BCUT2D eigenvalue weighted by Gasteiger charge is -2.14. The summed E-state index contributed by atoms with van der Waals surface area (Å²) in [6, 6.07) is 11.3. The van der Waals surface area contributed by atoms with Crippen LogP contribution < -0.4 is 16.0 Å². The fraction of sp³-hybridized carbons (Fsp3) is 0. The molecular weight excluding hydrogens is 401 g/mol. The predicted molar refractivity (Wildman–Crippen MR) is 108 cm³/mol. The van der Waals surface area contributed by atoms with Gasteiger partial charge in [-0.1, -0.05) is 23.2 Å². The number of pyridine rings is 1. The smallest absolute Gasteiger partial charge is 0.261 e. The Morgan fingerprint density at radius 1 is 1.04 bits per heavy atom. The van der Waals surface area contributed by atoms with Crippen LogP contribution in [0.2, 0.25) is 10.0 Å². The highest BCUT2D eigenvalue weighted by molar-refractivity contribution is 6.37. The van der Waals surface area contributed by atoms with Crippen LogP contribution in [0.1, 0.15) is 15.9 Å². The van der Waals surface area contributed by atoms with Gasteiger partial charge in [-0.05, 0) is 30.3 Å². The van der Waals surface area contributed by atoms with Crippen molar-refractivity contribution in [2.75, 3.05) is 16.0 Å². The van der Waals surface area contributed by atoms with Gasteiger partial charge in [0.25, 0.3) is 5.91 Å². The van der Waals surface area contributed by atoms with Gasteiger partial charge < -0.3 is 21.1 Å². The van der Waals surface area contributed by atoms with Gasteiger partial charge >= 0.3 is 0 Å². The lowest BCUT2D eigenvalue weighted by Crippen LogP contribution is -2.13. The molecule has 0 radical (unpaired) electrons. The predicted octanol–water partition coefficient (Wildman–Crippen LogP) is 5.02. The van der Waals surface area contributed by atoms with Crippen LogP contribution in [-0.4, -0.2) is 16.0 Å². The standard InChI is InChI=1S/C19H11Cl2N5O2/c20-10-6-11(21)16(27)7-14(10)24-13-3-4-23-18-17(13)19(28)26-15-5-9(8-22)1-2-12(15)25-18/h1-7,27H,(H,26,28)(H2,23,24,25). The SMILES string of the molecule is N#Cc1ccc2c(c1)NC(=O)c1c(Nc3cc(O)c(Cl)cc3Cl)ccnc1N2. The number of aromatic hydroxyl groups is 1. The van der Waals surface area contributed by atoms with E-state index in [0.717, 1.165) is 0 Å². The highest BCUT2D eigenvalue weighted by Gasteiger charge is 2.24. The molecule has 4 rings (SSSR count). The number of halogens is 2. The van der Waals surface area contributed by atoms with Gasteiger partial charge in [-0.15, -0.1) is 0 Å². The first-order valence-corrected chi connectivity index (χ1v) is 8.78. The largest absolute Gasteiger partial charge is 0.506 e. The lowest BCUT2D eigenvalue weighted by molar-refractivity contribution is 0.102. The Morgan fingerprint density at radius 2 is 1.86 bits per heavy atom. The normalized spacial score (nSPS) is 12.0. The molecule has 1 aliphatic heterocycles. The molecule has 28 heavy (non-hydrogen) atoms. The number of carbonyl (C=O) groups is 1. The van der Waals surface area contributed by atoms with E-state index in [2.05, 4.69) is 20.9 Å². The van der Waals surface area contributed by atoms with Crippen molar-refractivity contribution in [2.45, 2.75) is 0 Å². The Hall–Kier alpha value is -3.47. The molecule has 138 valence electrons. The number of phenols is 1. The number of hydrogen-bond donors (Lipinski definition) is 4. The van der Waals surface area contributed by atoms with Gasteiger partial charge in [0.1, 0.15) is 17.1 Å². The number of nitrogens with zero attached hydrogens (tertiary/aromatic N) is 2. The molecule has 9 heteroatoms. The van der Waals surface area contributed by atoms with E-state index < -0.39 is 5.91 Å². The summed E-state index contributed by atoms with van der Waals surface area (Å²) in [5.74, 6) is -0.228. The molecule has 2 heterocycles. The van der Waals surface area contributed by atoms with E-state index in [0.29, 0.717) is 34.1 Å². The third-order valence-electron chi connectivity index (χ3n) is 4.13. The maximum atomic E-state index is 12.9. The van der Waals surface area contributed by atoms with E-state index in [4.69, 9.17) is 28.5 Å². The zero-order valence-electron chi connectivity index (χ0n) is 14.0. The third-order valence-corrected chi connectivity index (χ3v) is 4.75. The molecule has 1 aliphatic rings. The minimum Gasteiger partial charge on any atom is -0.506 e. The van der Waals surface area contributed by atoms with Crippen LogP contribution in [0.15, 0.2) is 42.6 Å². The topological polar surface area (TPSA) is 110 Å². The van der Waals surface area contributed by atoms with Crippen molar-refractivity contribution in [1.82, 2.24) is 4.98 Å². The van der Waals surface area contributed by atoms with Gasteiger partial charge in [-0.25, -0.2) is 4.98 Å². The van der Waals surface area contributed by atoms with Crippen molar-refractivity contribution in [3.63, 3.8) is 0 Å². The number of benzene rings is 2. The van der Waals surface area contributed by atoms with Crippen LogP contribution in [-0.2, 0) is 0 Å².